The van der Waals surface area contributed by atoms with Gasteiger partial charge in [-0.1, -0.05) is 151 Å². The molecule has 0 spiro atoms. The van der Waals surface area contributed by atoms with Gasteiger partial charge in [0.25, 0.3) is 0 Å². The number of hydrogen-bond donors (Lipinski definition) is 1. The fourth-order valence-corrected chi connectivity index (χ4v) is 12.6. The Morgan fingerprint density at radius 3 is 1.90 bits per heavy atom. The lowest BCUT2D eigenvalue weighted by atomic mass is 9.58. The molecule has 0 atom stereocenters. The summed E-state index contributed by atoms with van der Waals surface area (Å²) in [5, 5.41) is 9.17. The molecule has 10 aromatic rings. The molecule has 62 heavy (non-hydrogen) atoms. The van der Waals surface area contributed by atoms with Crippen molar-refractivity contribution >= 4 is 82.9 Å². The first-order chi connectivity index (χ1) is 29.9. The van der Waals surface area contributed by atoms with Gasteiger partial charge in [0.2, 0.25) is 0 Å². The predicted molar refractivity (Wildman–Crippen MR) is 268 cm³/mol. The predicted octanol–water partition coefficient (Wildman–Crippen LogP) is 14.4. The molecule has 0 unspecified atom stereocenters. The minimum absolute atomic E-state index is 0.0829. The third kappa shape index (κ3) is 4.82. The molecule has 2 nitrogen and oxygen atoms in total. The number of hydrogen-bond acceptors (Lipinski definition) is 2. The van der Waals surface area contributed by atoms with E-state index in [9.17, 15) is 0 Å². The van der Waals surface area contributed by atoms with Gasteiger partial charge in [0, 0.05) is 69.9 Å². The first-order valence-corrected chi connectivity index (χ1v) is 22.9. The van der Waals surface area contributed by atoms with E-state index in [1.807, 2.05) is 11.3 Å². The molecule has 1 radical (unpaired) electrons. The van der Waals surface area contributed by atoms with Crippen molar-refractivity contribution in [1.29, 1.82) is 0 Å². The monoisotopic (exact) mass is 813 g/mol. The molecule has 13 rings (SSSR count). The average Bonchev–Trinajstić information content (AvgIpc) is 3.93. The minimum atomic E-state index is -0.111. The lowest BCUT2D eigenvalue weighted by Gasteiger charge is -2.27. The smallest absolute Gasteiger partial charge is 0.197 e. The maximum absolute atomic E-state index is 3.95. The van der Waals surface area contributed by atoms with Crippen molar-refractivity contribution in [2.75, 3.05) is 5.32 Å². The van der Waals surface area contributed by atoms with Gasteiger partial charge in [-0.25, -0.2) is 0 Å². The number of rotatable bonds is 3. The van der Waals surface area contributed by atoms with E-state index in [1.165, 1.54) is 120 Å². The van der Waals surface area contributed by atoms with Crippen LogP contribution in [0.5, 0.6) is 0 Å². The molecule has 1 N–H and O–H groups in total. The van der Waals surface area contributed by atoms with Gasteiger partial charge in [-0.3, -0.25) is 0 Å². The van der Waals surface area contributed by atoms with Crippen LogP contribution in [-0.4, -0.2) is 11.8 Å². The molecule has 0 saturated heterocycles. The third-order valence-corrected chi connectivity index (χ3v) is 15.9. The van der Waals surface area contributed by atoms with Gasteiger partial charge in [0.1, 0.15) is 0 Å². The van der Waals surface area contributed by atoms with Crippen molar-refractivity contribution < 1.29 is 0 Å². The van der Waals surface area contributed by atoms with Crippen LogP contribution in [0.4, 0.5) is 11.4 Å². The number of thiophene rings is 1. The van der Waals surface area contributed by atoms with Crippen LogP contribution in [0.1, 0.15) is 76.3 Å². The van der Waals surface area contributed by atoms with Gasteiger partial charge < -0.3 is 9.88 Å². The molecule has 0 fully saturated rings. The number of nitrogens with one attached hydrogen (secondary N) is 1. The Hall–Kier alpha value is -6.36. The SMILES string of the molecule is CC(C)(C)c1ccc(Nc2cc3sc4ccccc4c3cc2-c2ccc3c4cc5c(cc4n4c3c2[B]c2cc3c(cc2-4)C(C)(C)c2ccccc2-3)-c2ccccc2C5(C)C)cc1. The van der Waals surface area contributed by atoms with Gasteiger partial charge in [-0.05, 0) is 115 Å². The van der Waals surface area contributed by atoms with Crippen LogP contribution in [0.2, 0.25) is 0 Å². The Bertz CT molecular complexity index is 3610. The fraction of sp³-hybridized carbons (Fsp3) is 0.172. The van der Waals surface area contributed by atoms with Crippen LogP contribution in [0.3, 0.4) is 0 Å². The lowest BCUT2D eigenvalue weighted by molar-refractivity contribution is 0.590. The largest absolute Gasteiger partial charge is 0.355 e. The molecule has 0 bridgehead atoms. The molecule has 3 aliphatic rings. The van der Waals surface area contributed by atoms with E-state index < -0.39 is 0 Å². The molecule has 2 aromatic heterocycles. The number of fused-ring (bicyclic) bond motifs is 14. The average molecular weight is 814 g/mol. The highest BCUT2D eigenvalue weighted by Crippen LogP contribution is 2.53. The van der Waals surface area contributed by atoms with Gasteiger partial charge in [-0.2, -0.15) is 0 Å². The molecule has 3 heterocycles. The Balaban J connectivity index is 1.11. The second kappa shape index (κ2) is 12.2. The van der Waals surface area contributed by atoms with E-state index in [0.717, 1.165) is 11.4 Å². The summed E-state index contributed by atoms with van der Waals surface area (Å²) < 4.78 is 5.23. The molecular formula is C58H46BN2S. The van der Waals surface area contributed by atoms with Crippen LogP contribution in [0.15, 0.2) is 146 Å². The van der Waals surface area contributed by atoms with Crippen LogP contribution >= 0.6 is 11.3 Å². The molecule has 0 saturated carbocycles. The maximum atomic E-state index is 3.95. The first-order valence-electron chi connectivity index (χ1n) is 22.1. The minimum Gasteiger partial charge on any atom is -0.355 e. The number of benzene rings is 8. The highest BCUT2D eigenvalue weighted by atomic mass is 32.1. The van der Waals surface area contributed by atoms with E-state index >= 15 is 0 Å². The Kier molecular flexibility index (Phi) is 7.13. The van der Waals surface area contributed by atoms with Gasteiger partial charge in [-0.15, -0.1) is 11.3 Å². The summed E-state index contributed by atoms with van der Waals surface area (Å²) in [7, 11) is 2.50. The number of nitrogens with zero attached hydrogens (tertiary/aromatic N) is 1. The van der Waals surface area contributed by atoms with Crippen LogP contribution < -0.4 is 16.2 Å². The van der Waals surface area contributed by atoms with E-state index in [1.54, 1.807) is 0 Å². The van der Waals surface area contributed by atoms with E-state index in [2.05, 4.69) is 211 Å². The van der Waals surface area contributed by atoms with Crippen molar-refractivity contribution in [3.05, 3.63) is 173 Å². The van der Waals surface area contributed by atoms with Crippen LogP contribution in [0, 0.1) is 0 Å². The summed E-state index contributed by atoms with van der Waals surface area (Å²) in [5.74, 6) is 0. The second-order valence-electron chi connectivity index (χ2n) is 20.1. The van der Waals surface area contributed by atoms with Crippen molar-refractivity contribution in [3.8, 4) is 39.1 Å². The van der Waals surface area contributed by atoms with Gasteiger partial charge in [0.15, 0.2) is 7.28 Å². The summed E-state index contributed by atoms with van der Waals surface area (Å²) in [4.78, 5) is 0. The Morgan fingerprint density at radius 2 is 1.18 bits per heavy atom. The third-order valence-electron chi connectivity index (χ3n) is 14.8. The molecule has 8 aromatic carbocycles. The topological polar surface area (TPSA) is 17.0 Å². The van der Waals surface area contributed by atoms with Crippen molar-refractivity contribution in [2.24, 2.45) is 0 Å². The molecular weight excluding hydrogens is 768 g/mol. The fourth-order valence-electron chi connectivity index (χ4n) is 11.5. The van der Waals surface area contributed by atoms with E-state index in [0.29, 0.717) is 0 Å². The van der Waals surface area contributed by atoms with Crippen molar-refractivity contribution in [2.45, 2.75) is 64.7 Å². The van der Waals surface area contributed by atoms with Crippen molar-refractivity contribution in [3.63, 3.8) is 0 Å². The highest BCUT2D eigenvalue weighted by Gasteiger charge is 2.39. The molecule has 297 valence electrons. The summed E-state index contributed by atoms with van der Waals surface area (Å²) >= 11 is 1.87. The van der Waals surface area contributed by atoms with Gasteiger partial charge in [0.05, 0.1) is 5.52 Å². The molecule has 0 amide bonds. The first kappa shape index (κ1) is 36.3. The summed E-state index contributed by atoms with van der Waals surface area (Å²) in [5.41, 5.74) is 23.2. The summed E-state index contributed by atoms with van der Waals surface area (Å²) in [6.45, 7) is 16.4. The molecule has 1 aliphatic heterocycles. The summed E-state index contributed by atoms with van der Waals surface area (Å²) in [6.07, 6.45) is 0. The maximum Gasteiger partial charge on any atom is 0.197 e. The zero-order chi connectivity index (χ0) is 42.0. The quantitative estimate of drug-likeness (QED) is 0.176. The van der Waals surface area contributed by atoms with Crippen LogP contribution in [-0.2, 0) is 16.2 Å². The van der Waals surface area contributed by atoms with Crippen LogP contribution in [0.25, 0.3) is 81.0 Å². The zero-order valence-corrected chi connectivity index (χ0v) is 37.1. The van der Waals surface area contributed by atoms with Gasteiger partial charge >= 0.3 is 0 Å². The Morgan fingerprint density at radius 1 is 0.516 bits per heavy atom. The molecule has 4 heteroatoms. The zero-order valence-electron chi connectivity index (χ0n) is 36.3. The standard InChI is InChI=1S/C58H46BN2S/c1-56(2,3)32-20-22-33(23-21-32)60-49-31-53-43(36-16-10-13-19-52(36)62-53)26-41(49)37-24-25-38-42-27-46-40(35-15-9-12-18-45(35)57(46,4)5)29-50(42)61-51-30-47-39(28-48(51)59-54(37)55(38)61)34-14-8-11-17-44(34)58(47,6)7/h8-31,60H,1-7H3. The Labute approximate surface area is 368 Å². The number of anilines is 2. The van der Waals surface area contributed by atoms with E-state index in [4.69, 9.17) is 0 Å². The molecule has 2 aliphatic carbocycles. The van der Waals surface area contributed by atoms with Crippen molar-refractivity contribution in [1.82, 2.24) is 4.57 Å². The second-order valence-corrected chi connectivity index (χ2v) is 21.1. The highest BCUT2D eigenvalue weighted by molar-refractivity contribution is 7.25. The summed E-state index contributed by atoms with van der Waals surface area (Å²) in [6, 6.07) is 55.7. The van der Waals surface area contributed by atoms with E-state index in [-0.39, 0.29) is 16.2 Å². The normalized spacial score (nSPS) is 15.1. The lowest BCUT2D eigenvalue weighted by Crippen LogP contribution is -2.37. The number of aromatic nitrogens is 1.